The predicted molar refractivity (Wildman–Crippen MR) is 63.3 cm³/mol. The Morgan fingerprint density at radius 3 is 3.24 bits per heavy atom. The van der Waals surface area contributed by atoms with Gasteiger partial charge in [-0.2, -0.15) is 4.98 Å². The standard InChI is InChI=1S/C12H20N4O/c1-2-3-10-14-11(15-17-10)12(13)5-7-16-6-4-9(12)8-16/h9H,2-8,13H2,1H3. The van der Waals surface area contributed by atoms with Crippen LogP contribution in [0.25, 0.3) is 0 Å². The van der Waals surface area contributed by atoms with Crippen molar-refractivity contribution in [3.63, 3.8) is 0 Å². The zero-order valence-electron chi connectivity index (χ0n) is 10.4. The zero-order valence-corrected chi connectivity index (χ0v) is 10.4. The van der Waals surface area contributed by atoms with Gasteiger partial charge in [-0.05, 0) is 31.7 Å². The molecule has 3 rings (SSSR count). The molecule has 1 aromatic heterocycles. The van der Waals surface area contributed by atoms with E-state index in [1.54, 1.807) is 0 Å². The molecule has 3 heterocycles. The third kappa shape index (κ3) is 1.77. The lowest BCUT2D eigenvalue weighted by Gasteiger charge is -2.37. The summed E-state index contributed by atoms with van der Waals surface area (Å²) in [5, 5.41) is 4.12. The van der Waals surface area contributed by atoms with E-state index in [1.807, 2.05) is 0 Å². The van der Waals surface area contributed by atoms with E-state index in [0.29, 0.717) is 5.92 Å². The minimum absolute atomic E-state index is 0.359. The minimum atomic E-state index is -0.359. The molecule has 2 aliphatic heterocycles. The number of fused-ring (bicyclic) bond motifs is 2. The van der Waals surface area contributed by atoms with E-state index in [9.17, 15) is 0 Å². The highest BCUT2D eigenvalue weighted by molar-refractivity contribution is 5.12. The number of piperidine rings is 1. The number of hydrogen-bond donors (Lipinski definition) is 1. The van der Waals surface area contributed by atoms with Crippen molar-refractivity contribution in [2.45, 2.75) is 38.1 Å². The summed E-state index contributed by atoms with van der Waals surface area (Å²) < 4.78 is 5.28. The monoisotopic (exact) mass is 236 g/mol. The number of aromatic nitrogens is 2. The van der Waals surface area contributed by atoms with Crippen molar-refractivity contribution < 1.29 is 4.52 Å². The second kappa shape index (κ2) is 4.07. The molecule has 0 amide bonds. The topological polar surface area (TPSA) is 68.2 Å². The molecule has 2 saturated heterocycles. The summed E-state index contributed by atoms with van der Waals surface area (Å²) in [6, 6.07) is 0. The van der Waals surface area contributed by atoms with E-state index >= 15 is 0 Å². The third-order valence-corrected chi connectivity index (χ3v) is 4.19. The van der Waals surface area contributed by atoms with Gasteiger partial charge in [0.2, 0.25) is 5.89 Å². The molecule has 2 aliphatic rings. The Labute approximate surface area is 101 Å². The van der Waals surface area contributed by atoms with E-state index in [0.717, 1.165) is 50.5 Å². The molecule has 0 saturated carbocycles. The largest absolute Gasteiger partial charge is 0.339 e. The first kappa shape index (κ1) is 11.2. The highest BCUT2D eigenvalue weighted by atomic mass is 16.5. The first-order valence-corrected chi connectivity index (χ1v) is 6.56. The molecule has 5 heteroatoms. The van der Waals surface area contributed by atoms with Gasteiger partial charge >= 0.3 is 0 Å². The highest BCUT2D eigenvalue weighted by Crippen LogP contribution is 2.39. The van der Waals surface area contributed by atoms with Crippen LogP contribution in [0.2, 0.25) is 0 Å². The lowest BCUT2D eigenvalue weighted by atomic mass is 9.79. The molecule has 5 nitrogen and oxygen atoms in total. The van der Waals surface area contributed by atoms with Crippen LogP contribution in [0.1, 0.15) is 37.9 Å². The Hall–Kier alpha value is -0.940. The lowest BCUT2D eigenvalue weighted by molar-refractivity contribution is 0.157. The van der Waals surface area contributed by atoms with Crippen LogP contribution in [0.5, 0.6) is 0 Å². The second-order valence-electron chi connectivity index (χ2n) is 5.34. The normalized spacial score (nSPS) is 36.4. The Balaban J connectivity index is 1.85. The lowest BCUT2D eigenvalue weighted by Crippen LogP contribution is -2.51. The molecule has 0 aromatic carbocycles. The maximum atomic E-state index is 6.56. The molecular formula is C12H20N4O. The second-order valence-corrected chi connectivity index (χ2v) is 5.34. The smallest absolute Gasteiger partial charge is 0.226 e. The van der Waals surface area contributed by atoms with Gasteiger partial charge in [0.1, 0.15) is 0 Å². The number of aryl methyl sites for hydroxylation is 1. The van der Waals surface area contributed by atoms with Crippen molar-refractivity contribution in [3.8, 4) is 0 Å². The van der Waals surface area contributed by atoms with E-state index in [1.165, 1.54) is 6.54 Å². The highest BCUT2D eigenvalue weighted by Gasteiger charge is 2.47. The molecule has 2 bridgehead atoms. The van der Waals surface area contributed by atoms with Crippen LogP contribution in [-0.2, 0) is 12.0 Å². The summed E-state index contributed by atoms with van der Waals surface area (Å²) in [6.45, 7) is 5.43. The average molecular weight is 236 g/mol. The number of rotatable bonds is 3. The van der Waals surface area contributed by atoms with E-state index in [-0.39, 0.29) is 5.54 Å². The van der Waals surface area contributed by atoms with Crippen molar-refractivity contribution in [1.82, 2.24) is 15.0 Å². The van der Waals surface area contributed by atoms with Crippen molar-refractivity contribution in [2.75, 3.05) is 19.6 Å². The van der Waals surface area contributed by atoms with Gasteiger partial charge in [-0.25, -0.2) is 0 Å². The van der Waals surface area contributed by atoms with Crippen molar-refractivity contribution >= 4 is 0 Å². The molecule has 0 aliphatic carbocycles. The van der Waals surface area contributed by atoms with Crippen molar-refractivity contribution in [3.05, 3.63) is 11.7 Å². The van der Waals surface area contributed by atoms with Gasteiger partial charge in [-0.15, -0.1) is 0 Å². The third-order valence-electron chi connectivity index (χ3n) is 4.19. The fourth-order valence-electron chi connectivity index (χ4n) is 3.06. The van der Waals surface area contributed by atoms with Gasteiger partial charge in [0.15, 0.2) is 5.82 Å². The fraction of sp³-hybridized carbons (Fsp3) is 0.833. The van der Waals surface area contributed by atoms with Crippen LogP contribution in [0.3, 0.4) is 0 Å². The average Bonchev–Trinajstić information content (AvgIpc) is 2.93. The Morgan fingerprint density at radius 2 is 2.41 bits per heavy atom. The summed E-state index contributed by atoms with van der Waals surface area (Å²) in [5.74, 6) is 1.95. The van der Waals surface area contributed by atoms with Crippen molar-refractivity contribution in [2.24, 2.45) is 11.7 Å². The summed E-state index contributed by atoms with van der Waals surface area (Å²) in [6.07, 6.45) is 3.98. The van der Waals surface area contributed by atoms with Gasteiger partial charge in [-0.1, -0.05) is 12.1 Å². The van der Waals surface area contributed by atoms with Gasteiger partial charge in [0.05, 0.1) is 5.54 Å². The summed E-state index contributed by atoms with van der Waals surface area (Å²) in [5.41, 5.74) is 6.20. The molecule has 2 fully saturated rings. The first-order chi connectivity index (χ1) is 8.22. The molecular weight excluding hydrogens is 216 g/mol. The number of hydrogen-bond acceptors (Lipinski definition) is 5. The van der Waals surface area contributed by atoms with Gasteiger partial charge in [0, 0.05) is 19.5 Å². The van der Waals surface area contributed by atoms with Gasteiger partial charge in [0.25, 0.3) is 0 Å². The molecule has 3 unspecified atom stereocenters. The molecule has 3 atom stereocenters. The molecule has 1 aromatic rings. The molecule has 0 spiro atoms. The maximum absolute atomic E-state index is 6.56. The quantitative estimate of drug-likeness (QED) is 0.844. The van der Waals surface area contributed by atoms with E-state index in [2.05, 4.69) is 22.0 Å². The fourth-order valence-corrected chi connectivity index (χ4v) is 3.06. The van der Waals surface area contributed by atoms with Crippen LogP contribution in [0.15, 0.2) is 4.52 Å². The van der Waals surface area contributed by atoms with Gasteiger partial charge < -0.3 is 15.2 Å². The first-order valence-electron chi connectivity index (χ1n) is 6.56. The van der Waals surface area contributed by atoms with E-state index < -0.39 is 0 Å². The van der Waals surface area contributed by atoms with E-state index in [4.69, 9.17) is 10.3 Å². The van der Waals surface area contributed by atoms with Crippen LogP contribution in [0.4, 0.5) is 0 Å². The number of nitrogens with zero attached hydrogens (tertiary/aromatic N) is 3. The SMILES string of the molecule is CCCc1nc(C2(N)CCN3CCC2C3)no1. The minimum Gasteiger partial charge on any atom is -0.339 e. The Morgan fingerprint density at radius 1 is 1.53 bits per heavy atom. The summed E-state index contributed by atoms with van der Waals surface area (Å²) in [7, 11) is 0. The predicted octanol–water partition coefficient (Wildman–Crippen LogP) is 0.902. The van der Waals surface area contributed by atoms with Crippen LogP contribution in [0, 0.1) is 5.92 Å². The molecule has 2 N–H and O–H groups in total. The number of nitrogens with two attached hydrogens (primary N) is 1. The van der Waals surface area contributed by atoms with Crippen LogP contribution < -0.4 is 5.73 Å². The Kier molecular flexibility index (Phi) is 2.67. The maximum Gasteiger partial charge on any atom is 0.226 e. The molecule has 94 valence electrons. The van der Waals surface area contributed by atoms with Crippen LogP contribution >= 0.6 is 0 Å². The Bertz CT molecular complexity index is 405. The van der Waals surface area contributed by atoms with Gasteiger partial charge in [-0.3, -0.25) is 0 Å². The van der Waals surface area contributed by atoms with Crippen LogP contribution in [-0.4, -0.2) is 34.7 Å². The summed E-state index contributed by atoms with van der Waals surface area (Å²) in [4.78, 5) is 6.97. The molecule has 17 heavy (non-hydrogen) atoms. The molecule has 0 radical (unpaired) electrons. The summed E-state index contributed by atoms with van der Waals surface area (Å²) >= 11 is 0. The zero-order chi connectivity index (χ0) is 11.9. The van der Waals surface area contributed by atoms with Crippen molar-refractivity contribution in [1.29, 1.82) is 0 Å².